The van der Waals surface area contributed by atoms with Crippen molar-refractivity contribution in [2.24, 2.45) is 0 Å². The molecule has 1 fully saturated rings. The maximum absolute atomic E-state index is 11.9. The van der Waals surface area contributed by atoms with Crippen LogP contribution in [0.5, 0.6) is 0 Å². The van der Waals surface area contributed by atoms with E-state index in [-0.39, 0.29) is 0 Å². The lowest BCUT2D eigenvalue weighted by molar-refractivity contribution is -0.142. The third-order valence-electron chi connectivity index (χ3n) is 2.49. The molecule has 2 rings (SSSR count). The average Bonchev–Trinajstić information content (AvgIpc) is 2.78. The molecule has 1 N–H and O–H groups in total. The highest BCUT2D eigenvalue weighted by Crippen LogP contribution is 2.33. The Labute approximate surface area is 104 Å². The van der Waals surface area contributed by atoms with Crippen LogP contribution in [0, 0.1) is 0 Å². The molecule has 1 heterocycles. The number of nitrogens with one attached hydrogen (secondary N) is 1. The molecule has 1 aliphatic heterocycles. The fourth-order valence-electron chi connectivity index (χ4n) is 1.56. The van der Waals surface area contributed by atoms with Crippen molar-refractivity contribution in [3.63, 3.8) is 0 Å². The van der Waals surface area contributed by atoms with Gasteiger partial charge in [-0.3, -0.25) is 9.59 Å². The van der Waals surface area contributed by atoms with Gasteiger partial charge in [-0.2, -0.15) is 0 Å². The Kier molecular flexibility index (Phi) is 3.49. The van der Waals surface area contributed by atoms with Crippen LogP contribution in [0.25, 0.3) is 0 Å². The number of ether oxygens (including phenoxy) is 1. The van der Waals surface area contributed by atoms with Gasteiger partial charge >= 0.3 is 0 Å². The lowest BCUT2D eigenvalue weighted by atomic mass is 10.2. The van der Waals surface area contributed by atoms with Crippen molar-refractivity contribution in [3.05, 3.63) is 30.3 Å². The summed E-state index contributed by atoms with van der Waals surface area (Å²) >= 11 is 1.36. The summed E-state index contributed by atoms with van der Waals surface area (Å²) in [5.74, 6) is -0.433. The van der Waals surface area contributed by atoms with Crippen LogP contribution in [0.1, 0.15) is 6.92 Å². The second kappa shape index (κ2) is 4.89. The summed E-state index contributed by atoms with van der Waals surface area (Å²) in [6.45, 7) is 2.14. The van der Waals surface area contributed by atoms with E-state index in [1.54, 1.807) is 31.2 Å². The molecule has 0 bridgehead atoms. The number of amides is 1. The minimum absolute atomic E-state index is 0.505. The molecular formula is C12H13NO3S. The highest BCUT2D eigenvalue weighted by molar-refractivity contribution is 8.01. The minimum atomic E-state index is -1.03. The highest BCUT2D eigenvalue weighted by atomic mass is 32.2. The van der Waals surface area contributed by atoms with E-state index in [9.17, 15) is 9.59 Å². The minimum Gasteiger partial charge on any atom is -0.356 e. The number of carbonyl (C=O) groups excluding carboxylic acids is 2. The van der Waals surface area contributed by atoms with Crippen molar-refractivity contribution in [1.29, 1.82) is 0 Å². The molecule has 0 aliphatic carbocycles. The molecule has 4 nitrogen and oxygen atoms in total. The molecule has 90 valence electrons. The molecule has 0 spiro atoms. The number of Topliss-reactive ketones (excluding diaryl/α,β-unsaturated/α-hetero) is 1. The van der Waals surface area contributed by atoms with Gasteiger partial charge in [0.15, 0.2) is 4.93 Å². The van der Waals surface area contributed by atoms with E-state index in [0.29, 0.717) is 12.3 Å². The molecular weight excluding hydrogens is 238 g/mol. The Balaban J connectivity index is 2.03. The number of para-hydroxylation sites is 1. The summed E-state index contributed by atoms with van der Waals surface area (Å²) < 4.78 is 5.31. The summed E-state index contributed by atoms with van der Waals surface area (Å²) in [6, 6.07) is 8.90. The first kappa shape index (κ1) is 12.1. The molecule has 0 aromatic heterocycles. The molecule has 0 saturated carbocycles. The number of thioether (sulfide) groups is 1. The first-order chi connectivity index (χ1) is 8.12. The predicted molar refractivity (Wildman–Crippen MR) is 66.9 cm³/mol. The van der Waals surface area contributed by atoms with Crippen LogP contribution < -0.4 is 5.32 Å². The Morgan fingerprint density at radius 1 is 1.35 bits per heavy atom. The number of benzene rings is 1. The van der Waals surface area contributed by atoms with Crippen LogP contribution in [-0.2, 0) is 14.3 Å². The third-order valence-corrected chi connectivity index (χ3v) is 3.71. The molecule has 0 radical (unpaired) electrons. The van der Waals surface area contributed by atoms with Crippen molar-refractivity contribution >= 4 is 29.1 Å². The number of hydrogen-bond donors (Lipinski definition) is 1. The standard InChI is InChI=1S/C12H13NO3S/c1-12(16-7-8-17-12)10(14)11(15)13-9-5-3-2-4-6-9/h2-6H,7-8H2,1H3,(H,13,15). The van der Waals surface area contributed by atoms with Gasteiger partial charge in [0.2, 0.25) is 0 Å². The van der Waals surface area contributed by atoms with Gasteiger partial charge in [0, 0.05) is 11.4 Å². The van der Waals surface area contributed by atoms with E-state index in [1.165, 1.54) is 11.8 Å². The monoisotopic (exact) mass is 251 g/mol. The van der Waals surface area contributed by atoms with Crippen LogP contribution in [-0.4, -0.2) is 29.0 Å². The van der Waals surface area contributed by atoms with E-state index < -0.39 is 16.6 Å². The van der Waals surface area contributed by atoms with Gasteiger partial charge in [0.05, 0.1) is 6.61 Å². The molecule has 1 amide bonds. The van der Waals surface area contributed by atoms with Gasteiger partial charge in [0.25, 0.3) is 11.7 Å². The summed E-state index contributed by atoms with van der Waals surface area (Å²) in [6.07, 6.45) is 0. The zero-order valence-electron chi connectivity index (χ0n) is 9.43. The largest absolute Gasteiger partial charge is 0.356 e. The molecule has 5 heteroatoms. The van der Waals surface area contributed by atoms with Crippen molar-refractivity contribution in [1.82, 2.24) is 0 Å². The zero-order chi connectivity index (χ0) is 12.3. The van der Waals surface area contributed by atoms with Gasteiger partial charge in [-0.25, -0.2) is 0 Å². The van der Waals surface area contributed by atoms with E-state index in [1.807, 2.05) is 6.07 Å². The Hall–Kier alpha value is -1.33. The first-order valence-electron chi connectivity index (χ1n) is 5.30. The normalized spacial score (nSPS) is 23.4. The number of carbonyl (C=O) groups is 2. The molecule has 17 heavy (non-hydrogen) atoms. The van der Waals surface area contributed by atoms with Gasteiger partial charge in [-0.05, 0) is 19.1 Å². The average molecular weight is 251 g/mol. The van der Waals surface area contributed by atoms with Crippen LogP contribution >= 0.6 is 11.8 Å². The van der Waals surface area contributed by atoms with Crippen molar-refractivity contribution in [2.45, 2.75) is 11.9 Å². The molecule has 1 unspecified atom stereocenters. The van der Waals surface area contributed by atoms with Gasteiger partial charge in [0.1, 0.15) is 0 Å². The quantitative estimate of drug-likeness (QED) is 0.830. The van der Waals surface area contributed by atoms with E-state index in [4.69, 9.17) is 4.74 Å². The maximum atomic E-state index is 11.9. The van der Waals surface area contributed by atoms with Crippen molar-refractivity contribution in [2.75, 3.05) is 17.7 Å². The molecule has 1 aromatic carbocycles. The van der Waals surface area contributed by atoms with E-state index in [0.717, 1.165) is 5.75 Å². The zero-order valence-corrected chi connectivity index (χ0v) is 10.3. The summed E-state index contributed by atoms with van der Waals surface area (Å²) in [7, 11) is 0. The predicted octanol–water partition coefficient (Wildman–Crippen LogP) is 1.67. The Bertz CT molecular complexity index is 427. The lowest BCUT2D eigenvalue weighted by Gasteiger charge is -2.19. The van der Waals surface area contributed by atoms with Crippen molar-refractivity contribution < 1.29 is 14.3 Å². The molecule has 1 saturated heterocycles. The van der Waals surface area contributed by atoms with Crippen LogP contribution in [0.4, 0.5) is 5.69 Å². The first-order valence-corrected chi connectivity index (χ1v) is 6.29. The Morgan fingerprint density at radius 2 is 2.06 bits per heavy atom. The van der Waals surface area contributed by atoms with Gasteiger partial charge in [-0.15, -0.1) is 11.8 Å². The van der Waals surface area contributed by atoms with E-state index >= 15 is 0 Å². The lowest BCUT2D eigenvalue weighted by Crippen LogP contribution is -2.40. The maximum Gasteiger partial charge on any atom is 0.295 e. The fourth-order valence-corrected chi connectivity index (χ4v) is 2.51. The van der Waals surface area contributed by atoms with Crippen molar-refractivity contribution in [3.8, 4) is 0 Å². The van der Waals surface area contributed by atoms with Crippen LogP contribution in [0.3, 0.4) is 0 Å². The number of anilines is 1. The molecule has 1 aliphatic rings. The van der Waals surface area contributed by atoms with Crippen LogP contribution in [0.15, 0.2) is 30.3 Å². The van der Waals surface area contributed by atoms with Gasteiger partial charge < -0.3 is 10.1 Å². The Morgan fingerprint density at radius 3 is 2.65 bits per heavy atom. The molecule has 1 atom stereocenters. The summed E-state index contributed by atoms with van der Waals surface area (Å²) in [4.78, 5) is 22.6. The third kappa shape index (κ3) is 2.68. The summed E-state index contributed by atoms with van der Waals surface area (Å²) in [5.41, 5.74) is 0.609. The number of hydrogen-bond acceptors (Lipinski definition) is 4. The van der Waals surface area contributed by atoms with E-state index in [2.05, 4.69) is 5.32 Å². The molecule has 1 aromatic rings. The fraction of sp³-hybridized carbons (Fsp3) is 0.333. The highest BCUT2D eigenvalue weighted by Gasteiger charge is 2.42. The number of ketones is 1. The SMILES string of the molecule is CC1(C(=O)C(=O)Nc2ccccc2)OCCS1. The van der Waals surface area contributed by atoms with Gasteiger partial charge in [-0.1, -0.05) is 18.2 Å². The second-order valence-corrected chi connectivity index (χ2v) is 5.27. The van der Waals surface area contributed by atoms with Crippen LogP contribution in [0.2, 0.25) is 0 Å². The topological polar surface area (TPSA) is 55.4 Å². The second-order valence-electron chi connectivity index (χ2n) is 3.79. The smallest absolute Gasteiger partial charge is 0.295 e. The number of rotatable bonds is 3. The summed E-state index contributed by atoms with van der Waals surface area (Å²) in [5, 5.41) is 2.56.